The molecule has 1 fully saturated rings. The number of rotatable bonds is 0. The Bertz CT molecular complexity index is 218. The molecule has 10 heavy (non-hydrogen) atoms. The van der Waals surface area contributed by atoms with Gasteiger partial charge in [-0.3, -0.25) is 14.5 Å². The first kappa shape index (κ1) is 6.99. The fraction of sp³-hybridized carbons (Fsp3) is 0.429. The van der Waals surface area contributed by atoms with Crippen molar-refractivity contribution >= 4 is 11.8 Å². The second-order valence-corrected chi connectivity index (χ2v) is 2.25. The fourth-order valence-electron chi connectivity index (χ4n) is 0.911. The molecule has 0 aromatic heterocycles. The van der Waals surface area contributed by atoms with E-state index >= 15 is 0 Å². The molecule has 2 amide bonds. The number of hydrogen-bond donors (Lipinski definition) is 0. The zero-order chi connectivity index (χ0) is 7.72. The number of imide groups is 1. The van der Waals surface area contributed by atoms with Gasteiger partial charge in [-0.2, -0.15) is 0 Å². The molecule has 0 unspecified atom stereocenters. The van der Waals surface area contributed by atoms with Gasteiger partial charge in [0.2, 0.25) is 5.91 Å². The number of amides is 2. The smallest absolute Gasteiger partial charge is 0.256 e. The Morgan fingerprint density at radius 1 is 1.50 bits per heavy atom. The first-order valence-corrected chi connectivity index (χ1v) is 3.13. The SMILES string of the molecule is C/C=C1\CC(=O)N(C)C1=O. The number of likely N-dealkylation sites (tertiary alicyclic amines) is 1. The van der Waals surface area contributed by atoms with Gasteiger partial charge in [-0.25, -0.2) is 0 Å². The second kappa shape index (κ2) is 2.25. The highest BCUT2D eigenvalue weighted by molar-refractivity contribution is 6.12. The minimum Gasteiger partial charge on any atom is -0.282 e. The molecule has 54 valence electrons. The quantitative estimate of drug-likeness (QED) is 0.358. The van der Waals surface area contributed by atoms with Crippen molar-refractivity contribution in [3.63, 3.8) is 0 Å². The maximum absolute atomic E-state index is 11.0. The molecule has 0 spiro atoms. The minimum atomic E-state index is -0.160. The van der Waals surface area contributed by atoms with Crippen molar-refractivity contribution < 1.29 is 9.59 Å². The molecule has 0 N–H and O–H groups in total. The maximum atomic E-state index is 11.0. The third-order valence-electron chi connectivity index (χ3n) is 1.64. The van der Waals surface area contributed by atoms with Crippen molar-refractivity contribution in [2.45, 2.75) is 13.3 Å². The van der Waals surface area contributed by atoms with Gasteiger partial charge in [-0.05, 0) is 6.92 Å². The number of hydrogen-bond acceptors (Lipinski definition) is 2. The zero-order valence-corrected chi connectivity index (χ0v) is 6.05. The number of carbonyl (C=O) groups is 2. The van der Waals surface area contributed by atoms with E-state index in [0.29, 0.717) is 5.57 Å². The van der Waals surface area contributed by atoms with Crippen LogP contribution in [0.15, 0.2) is 11.6 Å². The van der Waals surface area contributed by atoms with E-state index in [1.54, 1.807) is 13.0 Å². The monoisotopic (exact) mass is 139 g/mol. The summed E-state index contributed by atoms with van der Waals surface area (Å²) in [4.78, 5) is 22.9. The maximum Gasteiger partial charge on any atom is 0.256 e. The van der Waals surface area contributed by atoms with Crippen molar-refractivity contribution in [3.8, 4) is 0 Å². The van der Waals surface area contributed by atoms with E-state index in [1.807, 2.05) is 0 Å². The lowest BCUT2D eigenvalue weighted by Crippen LogP contribution is -2.23. The third-order valence-corrected chi connectivity index (χ3v) is 1.64. The van der Waals surface area contributed by atoms with E-state index in [9.17, 15) is 9.59 Å². The molecule has 0 radical (unpaired) electrons. The number of carbonyl (C=O) groups excluding carboxylic acids is 2. The van der Waals surface area contributed by atoms with Crippen molar-refractivity contribution in [2.75, 3.05) is 7.05 Å². The lowest BCUT2D eigenvalue weighted by Gasteiger charge is -2.01. The zero-order valence-electron chi connectivity index (χ0n) is 6.05. The van der Waals surface area contributed by atoms with Crippen molar-refractivity contribution in [3.05, 3.63) is 11.6 Å². The van der Waals surface area contributed by atoms with Gasteiger partial charge in [0.05, 0.1) is 6.42 Å². The van der Waals surface area contributed by atoms with Crippen molar-refractivity contribution in [2.24, 2.45) is 0 Å². The Morgan fingerprint density at radius 2 is 2.10 bits per heavy atom. The van der Waals surface area contributed by atoms with Crippen LogP contribution >= 0.6 is 0 Å². The van der Waals surface area contributed by atoms with E-state index in [2.05, 4.69) is 0 Å². The Kier molecular flexibility index (Phi) is 1.57. The van der Waals surface area contributed by atoms with Crippen LogP contribution in [-0.4, -0.2) is 23.8 Å². The Morgan fingerprint density at radius 3 is 2.30 bits per heavy atom. The molecule has 0 aromatic rings. The molecule has 0 saturated carbocycles. The molecular weight excluding hydrogens is 130 g/mol. The summed E-state index contributed by atoms with van der Waals surface area (Å²) in [5.74, 6) is -0.273. The van der Waals surface area contributed by atoms with Gasteiger partial charge in [0.15, 0.2) is 0 Å². The van der Waals surface area contributed by atoms with Crippen LogP contribution in [0.4, 0.5) is 0 Å². The van der Waals surface area contributed by atoms with E-state index in [1.165, 1.54) is 7.05 Å². The number of allylic oxidation sites excluding steroid dienone is 1. The van der Waals surface area contributed by atoms with Crippen LogP contribution < -0.4 is 0 Å². The van der Waals surface area contributed by atoms with E-state index in [-0.39, 0.29) is 18.2 Å². The molecule has 3 heteroatoms. The molecular formula is C7H9NO2. The first-order chi connectivity index (χ1) is 4.66. The van der Waals surface area contributed by atoms with Gasteiger partial charge in [0, 0.05) is 12.6 Å². The van der Waals surface area contributed by atoms with E-state index < -0.39 is 0 Å². The Hall–Kier alpha value is -1.12. The molecule has 3 nitrogen and oxygen atoms in total. The molecule has 1 aliphatic rings. The van der Waals surface area contributed by atoms with Gasteiger partial charge in [-0.15, -0.1) is 0 Å². The highest BCUT2D eigenvalue weighted by Gasteiger charge is 2.29. The van der Waals surface area contributed by atoms with Crippen LogP contribution in [0.25, 0.3) is 0 Å². The van der Waals surface area contributed by atoms with E-state index in [4.69, 9.17) is 0 Å². The predicted octanol–water partition coefficient (Wildman–Crippen LogP) is 0.321. The average molecular weight is 139 g/mol. The van der Waals surface area contributed by atoms with E-state index in [0.717, 1.165) is 4.90 Å². The second-order valence-electron chi connectivity index (χ2n) is 2.25. The molecule has 0 aromatic carbocycles. The molecule has 0 bridgehead atoms. The summed E-state index contributed by atoms with van der Waals surface area (Å²) in [6.45, 7) is 1.76. The Labute approximate surface area is 59.3 Å². The minimum absolute atomic E-state index is 0.113. The topological polar surface area (TPSA) is 37.4 Å². The lowest BCUT2D eigenvalue weighted by atomic mass is 10.2. The molecule has 1 rings (SSSR count). The van der Waals surface area contributed by atoms with Crippen molar-refractivity contribution in [1.82, 2.24) is 4.90 Å². The van der Waals surface area contributed by atoms with Crippen LogP contribution in [0.3, 0.4) is 0 Å². The van der Waals surface area contributed by atoms with Gasteiger partial charge >= 0.3 is 0 Å². The summed E-state index contributed by atoms with van der Waals surface area (Å²) < 4.78 is 0. The highest BCUT2D eigenvalue weighted by atomic mass is 16.2. The largest absolute Gasteiger partial charge is 0.282 e. The molecule has 0 atom stereocenters. The Balaban J connectivity index is 2.92. The van der Waals surface area contributed by atoms with Gasteiger partial charge < -0.3 is 0 Å². The number of nitrogens with zero attached hydrogens (tertiary/aromatic N) is 1. The summed E-state index contributed by atoms with van der Waals surface area (Å²) in [5.41, 5.74) is 0.604. The summed E-state index contributed by atoms with van der Waals surface area (Å²) in [7, 11) is 1.50. The molecule has 1 aliphatic heterocycles. The van der Waals surface area contributed by atoms with Crippen LogP contribution in [-0.2, 0) is 9.59 Å². The first-order valence-electron chi connectivity index (χ1n) is 3.13. The van der Waals surface area contributed by atoms with Crippen molar-refractivity contribution in [1.29, 1.82) is 0 Å². The normalized spacial score (nSPS) is 23.0. The third kappa shape index (κ3) is 0.835. The van der Waals surface area contributed by atoms with Gasteiger partial charge in [0.25, 0.3) is 5.91 Å². The predicted molar refractivity (Wildman–Crippen MR) is 36.2 cm³/mol. The van der Waals surface area contributed by atoms with Crippen LogP contribution in [0.1, 0.15) is 13.3 Å². The van der Waals surface area contributed by atoms with Gasteiger partial charge in [0.1, 0.15) is 0 Å². The molecule has 0 aliphatic carbocycles. The lowest BCUT2D eigenvalue weighted by molar-refractivity contribution is -0.135. The number of likely N-dealkylation sites (N-methyl/N-ethyl adjacent to an activating group) is 1. The molecule has 1 heterocycles. The average Bonchev–Trinajstić information content (AvgIpc) is 2.17. The highest BCUT2D eigenvalue weighted by Crippen LogP contribution is 2.15. The summed E-state index contributed by atoms with van der Waals surface area (Å²) in [5, 5.41) is 0. The fourth-order valence-corrected chi connectivity index (χ4v) is 0.911. The van der Waals surface area contributed by atoms with Gasteiger partial charge in [-0.1, -0.05) is 6.08 Å². The summed E-state index contributed by atoms with van der Waals surface area (Å²) in [6, 6.07) is 0. The summed E-state index contributed by atoms with van der Waals surface area (Å²) >= 11 is 0. The van der Waals surface area contributed by atoms with Crippen LogP contribution in [0.2, 0.25) is 0 Å². The summed E-state index contributed by atoms with van der Waals surface area (Å²) in [6.07, 6.45) is 1.95. The van der Waals surface area contributed by atoms with Crippen LogP contribution in [0, 0.1) is 0 Å². The van der Waals surface area contributed by atoms with Crippen LogP contribution in [0.5, 0.6) is 0 Å². The standard InChI is InChI=1S/C7H9NO2/c1-3-5-4-6(9)8(2)7(5)10/h3H,4H2,1-2H3/b5-3+. The molecule has 1 saturated heterocycles.